The van der Waals surface area contributed by atoms with E-state index in [9.17, 15) is 9.18 Å². The maximum Gasteiger partial charge on any atom is 0.410 e. The van der Waals surface area contributed by atoms with E-state index < -0.39 is 5.60 Å². The molecule has 0 aliphatic heterocycles. The van der Waals surface area contributed by atoms with Crippen LogP contribution in [0.3, 0.4) is 0 Å². The van der Waals surface area contributed by atoms with Crippen LogP contribution < -0.4 is 0 Å². The quantitative estimate of drug-likeness (QED) is 0.723. The minimum absolute atomic E-state index is 0.0178. The number of hydrogen-bond donors (Lipinski definition) is 1. The number of imidazole rings is 1. The fraction of sp³-hybridized carbons (Fsp3) is 0.556. The summed E-state index contributed by atoms with van der Waals surface area (Å²) in [6, 6.07) is 2.81. The summed E-state index contributed by atoms with van der Waals surface area (Å²) in [5.41, 5.74) is 0.844. The number of aryl methyl sites for hydroxylation is 1. The van der Waals surface area contributed by atoms with Gasteiger partial charge >= 0.3 is 6.09 Å². The molecular formula is C18H25BrFN3O3. The molecule has 0 spiro atoms. The van der Waals surface area contributed by atoms with E-state index in [0.717, 1.165) is 5.52 Å². The number of fused-ring (bicyclic) bond motifs is 1. The summed E-state index contributed by atoms with van der Waals surface area (Å²) >= 11 is 3.38. The first kappa shape index (κ1) is 20.6. The molecule has 26 heavy (non-hydrogen) atoms. The van der Waals surface area contributed by atoms with Crippen molar-refractivity contribution in [1.82, 2.24) is 14.5 Å². The highest BCUT2D eigenvalue weighted by molar-refractivity contribution is 9.10. The Morgan fingerprint density at radius 3 is 2.69 bits per heavy atom. The summed E-state index contributed by atoms with van der Waals surface area (Å²) < 4.78 is 21.4. The summed E-state index contributed by atoms with van der Waals surface area (Å²) in [6.07, 6.45) is 2.46. The standard InChI is InChI=1S/C18H25BrFN3O3/c1-18(2,3)26-17(25)22(8-5-9-24)6-4-7-23-12-21-15-11-13(20)10-14(19)16(15)23/h10-12,24H,4-9H2,1-3H3. The Balaban J connectivity index is 2.02. The zero-order chi connectivity index (χ0) is 19.3. The molecule has 2 aromatic rings. The van der Waals surface area contributed by atoms with E-state index >= 15 is 0 Å². The van der Waals surface area contributed by atoms with Crippen molar-refractivity contribution in [1.29, 1.82) is 0 Å². The highest BCUT2D eigenvalue weighted by atomic mass is 79.9. The van der Waals surface area contributed by atoms with Crippen molar-refractivity contribution in [2.45, 2.75) is 45.8 Å². The van der Waals surface area contributed by atoms with Gasteiger partial charge in [0.25, 0.3) is 0 Å². The monoisotopic (exact) mass is 429 g/mol. The first-order valence-corrected chi connectivity index (χ1v) is 9.39. The number of aliphatic hydroxyl groups is 1. The summed E-state index contributed by atoms with van der Waals surface area (Å²) in [4.78, 5) is 18.1. The van der Waals surface area contributed by atoms with Gasteiger partial charge in [0.05, 0.1) is 17.4 Å². The molecule has 0 radical (unpaired) electrons. The molecule has 1 heterocycles. The molecule has 0 unspecified atom stereocenters. The maximum atomic E-state index is 13.4. The summed E-state index contributed by atoms with van der Waals surface area (Å²) in [6.45, 7) is 7.04. The Hall–Kier alpha value is -1.67. The number of nitrogens with zero attached hydrogens (tertiary/aromatic N) is 3. The number of halogens is 2. The van der Waals surface area contributed by atoms with Gasteiger partial charge in [0, 0.05) is 36.8 Å². The van der Waals surface area contributed by atoms with E-state index in [-0.39, 0.29) is 18.5 Å². The van der Waals surface area contributed by atoms with E-state index in [2.05, 4.69) is 20.9 Å². The van der Waals surface area contributed by atoms with Crippen LogP contribution >= 0.6 is 15.9 Å². The average molecular weight is 430 g/mol. The van der Waals surface area contributed by atoms with Gasteiger partial charge < -0.3 is 19.3 Å². The second-order valence-electron chi connectivity index (χ2n) is 7.09. The zero-order valence-electron chi connectivity index (χ0n) is 15.3. The molecular weight excluding hydrogens is 405 g/mol. The predicted octanol–water partition coefficient (Wildman–Crippen LogP) is 3.95. The maximum absolute atomic E-state index is 13.4. The molecule has 0 aliphatic carbocycles. The van der Waals surface area contributed by atoms with Crippen LogP contribution in [0.1, 0.15) is 33.6 Å². The molecule has 0 saturated heterocycles. The largest absolute Gasteiger partial charge is 0.444 e. The van der Waals surface area contributed by atoms with Gasteiger partial charge in [-0.3, -0.25) is 0 Å². The minimum atomic E-state index is -0.565. The number of rotatable bonds is 7. The van der Waals surface area contributed by atoms with Crippen molar-refractivity contribution >= 4 is 33.1 Å². The van der Waals surface area contributed by atoms with Gasteiger partial charge in [0.2, 0.25) is 0 Å². The Morgan fingerprint density at radius 1 is 1.35 bits per heavy atom. The van der Waals surface area contributed by atoms with Crippen molar-refractivity contribution in [3.05, 3.63) is 28.7 Å². The van der Waals surface area contributed by atoms with E-state index in [1.807, 2.05) is 25.3 Å². The van der Waals surface area contributed by atoms with Crippen LogP contribution in [0.5, 0.6) is 0 Å². The molecule has 1 aromatic carbocycles. The van der Waals surface area contributed by atoms with Crippen LogP contribution in [0.25, 0.3) is 11.0 Å². The highest BCUT2D eigenvalue weighted by Crippen LogP contribution is 2.25. The highest BCUT2D eigenvalue weighted by Gasteiger charge is 2.21. The second-order valence-corrected chi connectivity index (χ2v) is 7.95. The van der Waals surface area contributed by atoms with E-state index in [1.165, 1.54) is 12.1 Å². The van der Waals surface area contributed by atoms with Crippen molar-refractivity contribution in [2.24, 2.45) is 0 Å². The van der Waals surface area contributed by atoms with Gasteiger partial charge in [-0.1, -0.05) is 0 Å². The van der Waals surface area contributed by atoms with Gasteiger partial charge in [0.15, 0.2) is 0 Å². The number of aromatic nitrogens is 2. The van der Waals surface area contributed by atoms with Gasteiger partial charge in [-0.25, -0.2) is 14.2 Å². The topological polar surface area (TPSA) is 67.6 Å². The van der Waals surface area contributed by atoms with Gasteiger partial charge in [-0.15, -0.1) is 0 Å². The lowest BCUT2D eigenvalue weighted by molar-refractivity contribution is 0.0236. The molecule has 6 nitrogen and oxygen atoms in total. The smallest absolute Gasteiger partial charge is 0.410 e. The summed E-state index contributed by atoms with van der Waals surface area (Å²) in [5.74, 6) is -0.338. The van der Waals surface area contributed by atoms with Crippen LogP contribution in [-0.2, 0) is 11.3 Å². The van der Waals surface area contributed by atoms with E-state index in [1.54, 1.807) is 11.2 Å². The molecule has 144 valence electrons. The number of carbonyl (C=O) groups is 1. The normalized spacial score (nSPS) is 11.8. The van der Waals surface area contributed by atoms with E-state index in [0.29, 0.717) is 42.5 Å². The molecule has 1 aromatic heterocycles. The van der Waals surface area contributed by atoms with E-state index in [4.69, 9.17) is 9.84 Å². The predicted molar refractivity (Wildman–Crippen MR) is 102 cm³/mol. The lowest BCUT2D eigenvalue weighted by atomic mass is 10.2. The molecule has 0 aliphatic rings. The van der Waals surface area contributed by atoms with Crippen molar-refractivity contribution in [2.75, 3.05) is 19.7 Å². The molecule has 0 fully saturated rings. The van der Waals surface area contributed by atoms with Crippen LogP contribution in [0.2, 0.25) is 0 Å². The Kier molecular flexibility index (Phi) is 7.00. The van der Waals surface area contributed by atoms with Crippen LogP contribution in [0, 0.1) is 5.82 Å². The number of hydrogen-bond acceptors (Lipinski definition) is 4. The molecule has 0 bridgehead atoms. The molecule has 8 heteroatoms. The second kappa shape index (κ2) is 8.81. The Labute approximate surface area is 161 Å². The van der Waals surface area contributed by atoms with Crippen LogP contribution in [-0.4, -0.2) is 50.9 Å². The minimum Gasteiger partial charge on any atom is -0.444 e. The molecule has 1 amide bonds. The Bertz CT molecular complexity index is 758. The van der Waals surface area contributed by atoms with Gasteiger partial charge in [-0.05, 0) is 55.6 Å². The fourth-order valence-electron chi connectivity index (χ4n) is 2.61. The lowest BCUT2D eigenvalue weighted by Gasteiger charge is -2.27. The summed E-state index contributed by atoms with van der Waals surface area (Å²) in [5, 5.41) is 9.05. The first-order chi connectivity index (χ1) is 12.2. The number of ether oxygens (including phenoxy) is 1. The van der Waals surface area contributed by atoms with Crippen LogP contribution in [0.4, 0.5) is 9.18 Å². The molecule has 2 rings (SSSR count). The first-order valence-electron chi connectivity index (χ1n) is 8.60. The zero-order valence-corrected chi connectivity index (χ0v) is 16.9. The number of benzene rings is 1. The molecule has 0 saturated carbocycles. The van der Waals surface area contributed by atoms with Crippen molar-refractivity contribution < 1.29 is 19.0 Å². The third-order valence-corrected chi connectivity index (χ3v) is 4.30. The Morgan fingerprint density at radius 2 is 2.04 bits per heavy atom. The lowest BCUT2D eigenvalue weighted by Crippen LogP contribution is -2.38. The number of amides is 1. The summed E-state index contributed by atoms with van der Waals surface area (Å²) in [7, 11) is 0. The van der Waals surface area contributed by atoms with Crippen molar-refractivity contribution in [3.63, 3.8) is 0 Å². The molecule has 1 N–H and O–H groups in total. The number of carbonyl (C=O) groups excluding carboxylic acids is 1. The van der Waals surface area contributed by atoms with Crippen molar-refractivity contribution in [3.8, 4) is 0 Å². The SMILES string of the molecule is CC(C)(C)OC(=O)N(CCCO)CCCn1cnc2cc(F)cc(Br)c21. The third-order valence-electron chi connectivity index (χ3n) is 3.70. The number of aliphatic hydroxyl groups excluding tert-OH is 1. The van der Waals surface area contributed by atoms with Gasteiger partial charge in [-0.2, -0.15) is 0 Å². The van der Waals surface area contributed by atoms with Crippen LogP contribution in [0.15, 0.2) is 22.9 Å². The van der Waals surface area contributed by atoms with Gasteiger partial charge in [0.1, 0.15) is 11.4 Å². The fourth-order valence-corrected chi connectivity index (χ4v) is 3.26. The molecule has 0 atom stereocenters. The average Bonchev–Trinajstić information content (AvgIpc) is 2.91. The third kappa shape index (κ3) is 5.67.